The first-order chi connectivity index (χ1) is 21.9. The van der Waals surface area contributed by atoms with Gasteiger partial charge in [-0.05, 0) is 82.0 Å². The normalized spacial score (nSPS) is 19.2. The molecule has 7 heteroatoms. The summed E-state index contributed by atoms with van der Waals surface area (Å²) in [7, 11) is 1.64. The SMILES string of the molecule is COc1cc(C2C3=C(CC(C)(C)CC3=O)N(CCc3ccccc3)C3=C2C(=O)CC(C)(C)C3)cc(I)c1OCc1ccccc1Br. The van der Waals surface area contributed by atoms with Crippen molar-refractivity contribution in [2.75, 3.05) is 13.7 Å². The molecule has 0 spiro atoms. The van der Waals surface area contributed by atoms with Crippen LogP contribution in [0.3, 0.4) is 0 Å². The molecule has 0 aromatic heterocycles. The van der Waals surface area contributed by atoms with E-state index in [1.165, 1.54) is 5.56 Å². The van der Waals surface area contributed by atoms with E-state index in [4.69, 9.17) is 9.47 Å². The third-order valence-corrected chi connectivity index (χ3v) is 11.0. The molecule has 0 saturated carbocycles. The van der Waals surface area contributed by atoms with Gasteiger partial charge in [0.25, 0.3) is 0 Å². The van der Waals surface area contributed by atoms with Crippen molar-refractivity contribution < 1.29 is 19.1 Å². The Kier molecular flexibility index (Phi) is 9.29. The molecule has 5 nitrogen and oxygen atoms in total. The summed E-state index contributed by atoms with van der Waals surface area (Å²) in [6, 6.07) is 22.5. The quantitative estimate of drug-likeness (QED) is 0.213. The zero-order chi connectivity index (χ0) is 32.8. The van der Waals surface area contributed by atoms with E-state index in [2.05, 4.69) is 101 Å². The lowest BCUT2D eigenvalue weighted by Gasteiger charge is -2.49. The zero-order valence-corrected chi connectivity index (χ0v) is 31.0. The summed E-state index contributed by atoms with van der Waals surface area (Å²) < 4.78 is 14.1. The summed E-state index contributed by atoms with van der Waals surface area (Å²) in [5.41, 5.74) is 6.54. The third-order valence-electron chi connectivity index (χ3n) is 9.40. The van der Waals surface area contributed by atoms with Crippen LogP contribution in [0.15, 0.2) is 93.7 Å². The molecule has 0 unspecified atom stereocenters. The molecule has 6 rings (SSSR count). The van der Waals surface area contributed by atoms with E-state index in [1.54, 1.807) is 7.11 Å². The fourth-order valence-corrected chi connectivity index (χ4v) is 8.53. The maximum absolute atomic E-state index is 14.3. The third kappa shape index (κ3) is 6.59. The second kappa shape index (κ2) is 12.9. The smallest absolute Gasteiger partial charge is 0.174 e. The van der Waals surface area contributed by atoms with E-state index in [0.717, 1.165) is 67.5 Å². The average Bonchev–Trinajstić information content (AvgIpc) is 2.99. The van der Waals surface area contributed by atoms with Crippen molar-refractivity contribution in [3.63, 3.8) is 0 Å². The van der Waals surface area contributed by atoms with Crippen molar-refractivity contribution in [3.05, 3.63) is 114 Å². The highest BCUT2D eigenvalue weighted by molar-refractivity contribution is 14.1. The summed E-state index contributed by atoms with van der Waals surface area (Å²) in [5, 5.41) is 0. The predicted octanol–water partition coefficient (Wildman–Crippen LogP) is 9.57. The van der Waals surface area contributed by atoms with Crippen LogP contribution in [0.1, 0.15) is 76.0 Å². The van der Waals surface area contributed by atoms with Crippen molar-refractivity contribution in [2.24, 2.45) is 10.8 Å². The van der Waals surface area contributed by atoms with Crippen LogP contribution in [-0.2, 0) is 22.6 Å². The molecule has 0 bridgehead atoms. The van der Waals surface area contributed by atoms with Crippen molar-refractivity contribution in [2.45, 2.75) is 72.3 Å². The highest BCUT2D eigenvalue weighted by Gasteiger charge is 2.49. The first kappa shape index (κ1) is 33.0. The summed E-state index contributed by atoms with van der Waals surface area (Å²) in [6.07, 6.45) is 3.31. The minimum atomic E-state index is -0.440. The molecule has 240 valence electrons. The molecule has 0 N–H and O–H groups in total. The van der Waals surface area contributed by atoms with Gasteiger partial charge in [0.1, 0.15) is 6.61 Å². The van der Waals surface area contributed by atoms with Gasteiger partial charge in [-0.2, -0.15) is 0 Å². The Morgan fingerprint density at radius 1 is 0.848 bits per heavy atom. The van der Waals surface area contributed by atoms with Gasteiger partial charge in [-0.1, -0.05) is 92.2 Å². The number of rotatable bonds is 8. The summed E-state index contributed by atoms with van der Waals surface area (Å²) in [6.45, 7) is 9.83. The topological polar surface area (TPSA) is 55.8 Å². The molecule has 1 heterocycles. The predicted molar refractivity (Wildman–Crippen MR) is 194 cm³/mol. The van der Waals surface area contributed by atoms with E-state index in [0.29, 0.717) is 30.9 Å². The molecule has 0 radical (unpaired) electrons. The lowest BCUT2D eigenvalue weighted by molar-refractivity contribution is -0.119. The monoisotopic (exact) mass is 793 g/mol. The van der Waals surface area contributed by atoms with Crippen molar-refractivity contribution in [1.29, 1.82) is 0 Å². The Bertz CT molecular complexity index is 1700. The van der Waals surface area contributed by atoms with Gasteiger partial charge in [-0.3, -0.25) is 9.59 Å². The molecule has 0 atom stereocenters. The average molecular weight is 795 g/mol. The van der Waals surface area contributed by atoms with E-state index >= 15 is 0 Å². The number of hydrogen-bond donors (Lipinski definition) is 0. The van der Waals surface area contributed by atoms with Crippen LogP contribution < -0.4 is 9.47 Å². The highest BCUT2D eigenvalue weighted by Crippen LogP contribution is 2.55. The standard InChI is InChI=1S/C39H41BrINO4/c1-38(2)19-29-35(31(43)21-38)34(26-17-28(41)37(33(18-26)45-5)46-23-25-13-9-10-14-27(25)40)36-30(20-39(3,4)22-32(36)44)42(29)16-15-24-11-7-6-8-12-24/h6-14,17-18,34H,15-16,19-23H2,1-5H3. The van der Waals surface area contributed by atoms with Crippen LogP contribution in [-0.4, -0.2) is 30.1 Å². The number of Topliss-reactive ketones (excluding diaryl/α,β-unsaturated/α-hetero) is 2. The first-order valence-corrected chi connectivity index (χ1v) is 17.8. The van der Waals surface area contributed by atoms with Gasteiger partial charge < -0.3 is 14.4 Å². The zero-order valence-electron chi connectivity index (χ0n) is 27.2. The molecular formula is C39H41BrINO4. The van der Waals surface area contributed by atoms with Gasteiger partial charge in [-0.25, -0.2) is 0 Å². The van der Waals surface area contributed by atoms with Crippen molar-refractivity contribution in [3.8, 4) is 11.5 Å². The fourth-order valence-electron chi connectivity index (χ4n) is 7.35. The maximum Gasteiger partial charge on any atom is 0.174 e. The highest BCUT2D eigenvalue weighted by atomic mass is 127. The van der Waals surface area contributed by atoms with Crippen molar-refractivity contribution >= 4 is 50.1 Å². The largest absolute Gasteiger partial charge is 0.493 e. The minimum absolute atomic E-state index is 0.133. The lowest BCUT2D eigenvalue weighted by Crippen LogP contribution is -2.45. The number of ether oxygens (including phenoxy) is 2. The van der Waals surface area contributed by atoms with E-state index in [1.807, 2.05) is 36.4 Å². The van der Waals surface area contributed by atoms with Gasteiger partial charge in [0.05, 0.1) is 10.7 Å². The van der Waals surface area contributed by atoms with Crippen LogP contribution in [0.25, 0.3) is 0 Å². The molecule has 2 aliphatic carbocycles. The fraction of sp³-hybridized carbons (Fsp3) is 0.385. The molecule has 1 aliphatic heterocycles. The van der Waals surface area contributed by atoms with Crippen LogP contribution in [0, 0.1) is 14.4 Å². The Morgan fingerprint density at radius 3 is 2.02 bits per heavy atom. The van der Waals surface area contributed by atoms with E-state index in [9.17, 15) is 9.59 Å². The molecule has 3 aromatic rings. The number of methoxy groups -OCH3 is 1. The molecule has 3 aliphatic rings. The first-order valence-electron chi connectivity index (χ1n) is 15.9. The molecule has 46 heavy (non-hydrogen) atoms. The van der Waals surface area contributed by atoms with Gasteiger partial charge in [0.15, 0.2) is 23.1 Å². The lowest BCUT2D eigenvalue weighted by atomic mass is 9.63. The molecule has 0 amide bonds. The second-order valence-corrected chi connectivity index (χ2v) is 16.4. The number of allylic oxidation sites excluding steroid dienone is 4. The minimum Gasteiger partial charge on any atom is -0.493 e. The van der Waals surface area contributed by atoms with Gasteiger partial charge in [0, 0.05) is 57.9 Å². The number of ketones is 2. The van der Waals surface area contributed by atoms with Crippen molar-refractivity contribution in [1.82, 2.24) is 4.90 Å². The number of carbonyl (C=O) groups excluding carboxylic acids is 2. The van der Waals surface area contributed by atoms with Crippen LogP contribution >= 0.6 is 38.5 Å². The summed E-state index contributed by atoms with van der Waals surface area (Å²) in [4.78, 5) is 30.9. The molecule has 0 saturated heterocycles. The van der Waals surface area contributed by atoms with Crippen LogP contribution in [0.2, 0.25) is 0 Å². The summed E-state index contributed by atoms with van der Waals surface area (Å²) in [5.74, 6) is 1.07. The Morgan fingerprint density at radius 2 is 1.43 bits per heavy atom. The number of carbonyl (C=O) groups is 2. The molecule has 3 aromatic carbocycles. The van der Waals surface area contributed by atoms with E-state index < -0.39 is 5.92 Å². The van der Waals surface area contributed by atoms with Crippen LogP contribution in [0.4, 0.5) is 0 Å². The van der Waals surface area contributed by atoms with E-state index in [-0.39, 0.29) is 22.4 Å². The number of nitrogens with zero attached hydrogens (tertiary/aromatic N) is 1. The summed E-state index contributed by atoms with van der Waals surface area (Å²) >= 11 is 5.91. The Labute approximate surface area is 294 Å². The van der Waals surface area contributed by atoms with Gasteiger partial charge in [-0.15, -0.1) is 0 Å². The second-order valence-electron chi connectivity index (χ2n) is 14.3. The number of benzene rings is 3. The molecular weight excluding hydrogens is 753 g/mol. The number of halogens is 2. The number of hydrogen-bond acceptors (Lipinski definition) is 5. The van der Waals surface area contributed by atoms with Gasteiger partial charge in [0.2, 0.25) is 0 Å². The Hall–Kier alpha value is -2.91. The maximum atomic E-state index is 14.3. The van der Waals surface area contributed by atoms with Gasteiger partial charge >= 0.3 is 0 Å². The van der Waals surface area contributed by atoms with Crippen LogP contribution in [0.5, 0.6) is 11.5 Å². The molecule has 0 fully saturated rings. The Balaban J connectivity index is 1.48.